The molecule has 0 aliphatic carbocycles. The molecule has 7 nitrogen and oxygen atoms in total. The Morgan fingerprint density at radius 2 is 2.00 bits per heavy atom. The fourth-order valence-electron chi connectivity index (χ4n) is 2.43. The Labute approximate surface area is 152 Å². The number of anilines is 2. The number of hydrogen-bond acceptors (Lipinski definition) is 4. The molecule has 2 aromatic heterocycles. The summed E-state index contributed by atoms with van der Waals surface area (Å²) in [5, 5.41) is 9.98. The van der Waals surface area contributed by atoms with Crippen molar-refractivity contribution in [2.45, 2.75) is 52.8 Å². The monoisotopic (exact) mass is 363 g/mol. The van der Waals surface area contributed by atoms with Crippen LogP contribution in [-0.2, 0) is 4.79 Å². The molecular weight excluding hydrogens is 337 g/mol. The molecule has 1 unspecified atom stereocenters. The molecule has 142 valence electrons. The number of nitrogens with two attached hydrogens (primary N) is 1. The van der Waals surface area contributed by atoms with Crippen molar-refractivity contribution < 1.29 is 14.0 Å². The predicted molar refractivity (Wildman–Crippen MR) is 100 cm³/mol. The molecule has 26 heavy (non-hydrogen) atoms. The smallest absolute Gasteiger partial charge is 0.252 e. The zero-order chi connectivity index (χ0) is 19.6. The summed E-state index contributed by atoms with van der Waals surface area (Å²) < 4.78 is 15.8. The van der Waals surface area contributed by atoms with E-state index >= 15 is 0 Å². The van der Waals surface area contributed by atoms with E-state index in [1.807, 2.05) is 13.8 Å². The van der Waals surface area contributed by atoms with Crippen molar-refractivity contribution in [1.82, 2.24) is 9.61 Å². The molecule has 0 aliphatic heterocycles. The Bertz CT molecular complexity index is 823. The number of carbonyl (C=O) groups is 2. The number of primary amides is 1. The van der Waals surface area contributed by atoms with Crippen molar-refractivity contribution in [1.29, 1.82) is 0 Å². The molecule has 0 bridgehead atoms. The third-order valence-corrected chi connectivity index (χ3v) is 4.17. The summed E-state index contributed by atoms with van der Waals surface area (Å²) in [7, 11) is 0. The molecule has 1 atom stereocenters. The van der Waals surface area contributed by atoms with Gasteiger partial charge in [-0.1, -0.05) is 13.8 Å². The lowest BCUT2D eigenvalue weighted by molar-refractivity contribution is -0.116. The van der Waals surface area contributed by atoms with E-state index in [4.69, 9.17) is 5.73 Å². The number of carbonyl (C=O) groups excluding carboxylic acids is 2. The van der Waals surface area contributed by atoms with Crippen molar-refractivity contribution in [2.24, 2.45) is 11.7 Å². The first-order valence-electron chi connectivity index (χ1n) is 8.55. The number of aromatic nitrogens is 2. The van der Waals surface area contributed by atoms with Gasteiger partial charge < -0.3 is 16.4 Å². The minimum Gasteiger partial charge on any atom is -0.377 e. The van der Waals surface area contributed by atoms with E-state index in [-0.39, 0.29) is 17.4 Å². The first kappa shape index (κ1) is 19.7. The molecule has 0 spiro atoms. The van der Waals surface area contributed by atoms with E-state index < -0.39 is 17.6 Å². The van der Waals surface area contributed by atoms with Gasteiger partial charge >= 0.3 is 0 Å². The van der Waals surface area contributed by atoms with Crippen LogP contribution in [0.15, 0.2) is 18.5 Å². The Kier molecular flexibility index (Phi) is 5.53. The summed E-state index contributed by atoms with van der Waals surface area (Å²) >= 11 is 0. The summed E-state index contributed by atoms with van der Waals surface area (Å²) in [5.74, 6) is -0.548. The third kappa shape index (κ3) is 4.50. The standard InChI is InChI=1S/C18H26FN5O2/c1-10(2)6-15(25)23-12-7-14-16(22-11(3)18(4,5)19)13(17(20)26)8-21-24(14)9-12/h7-11,22H,6H2,1-5H3,(H2,20,26)(H,23,25). The molecule has 2 rings (SSSR count). The highest BCUT2D eigenvalue weighted by Gasteiger charge is 2.27. The fraction of sp³-hybridized carbons (Fsp3) is 0.500. The van der Waals surface area contributed by atoms with Crippen LogP contribution in [0.4, 0.5) is 15.8 Å². The lowest BCUT2D eigenvalue weighted by Crippen LogP contribution is -2.36. The molecule has 0 aromatic carbocycles. The molecular formula is C18H26FN5O2. The topological polar surface area (TPSA) is 102 Å². The van der Waals surface area contributed by atoms with Gasteiger partial charge in [-0.05, 0) is 32.8 Å². The quantitative estimate of drug-likeness (QED) is 0.704. The highest BCUT2D eigenvalue weighted by atomic mass is 19.1. The Morgan fingerprint density at radius 1 is 1.35 bits per heavy atom. The van der Waals surface area contributed by atoms with Crippen LogP contribution >= 0.6 is 0 Å². The average molecular weight is 363 g/mol. The van der Waals surface area contributed by atoms with E-state index in [2.05, 4.69) is 15.7 Å². The second-order valence-electron chi connectivity index (χ2n) is 7.43. The summed E-state index contributed by atoms with van der Waals surface area (Å²) in [5.41, 5.74) is 5.53. The van der Waals surface area contributed by atoms with Gasteiger partial charge in [0.2, 0.25) is 5.91 Å². The molecule has 0 fully saturated rings. The Hall–Kier alpha value is -2.64. The lowest BCUT2D eigenvalue weighted by Gasteiger charge is -2.26. The first-order valence-corrected chi connectivity index (χ1v) is 8.55. The zero-order valence-electron chi connectivity index (χ0n) is 15.8. The van der Waals surface area contributed by atoms with Gasteiger partial charge in [0.25, 0.3) is 5.91 Å². The zero-order valence-corrected chi connectivity index (χ0v) is 15.8. The number of hydrogen-bond donors (Lipinski definition) is 3. The highest BCUT2D eigenvalue weighted by Crippen LogP contribution is 2.28. The minimum atomic E-state index is -1.52. The van der Waals surface area contributed by atoms with E-state index in [0.717, 1.165) is 0 Å². The Morgan fingerprint density at radius 3 is 2.54 bits per heavy atom. The SMILES string of the molecule is CC(C)CC(=O)Nc1cc2c(NC(C)C(C)(C)F)c(C(N)=O)cnn2c1. The van der Waals surface area contributed by atoms with Gasteiger partial charge in [0.1, 0.15) is 5.67 Å². The molecule has 0 aliphatic rings. The van der Waals surface area contributed by atoms with Crippen LogP contribution in [-0.4, -0.2) is 33.1 Å². The van der Waals surface area contributed by atoms with Crippen molar-refractivity contribution in [3.05, 3.63) is 24.0 Å². The van der Waals surface area contributed by atoms with E-state index in [1.54, 1.807) is 19.2 Å². The van der Waals surface area contributed by atoms with Gasteiger partial charge in [-0.2, -0.15) is 5.10 Å². The summed E-state index contributed by atoms with van der Waals surface area (Å²) in [6, 6.07) is 1.10. The van der Waals surface area contributed by atoms with E-state index in [1.165, 1.54) is 24.6 Å². The number of nitrogens with one attached hydrogen (secondary N) is 2. The second kappa shape index (κ2) is 7.31. The van der Waals surface area contributed by atoms with E-state index in [0.29, 0.717) is 23.3 Å². The molecule has 0 saturated heterocycles. The third-order valence-electron chi connectivity index (χ3n) is 4.17. The van der Waals surface area contributed by atoms with Crippen LogP contribution in [0.2, 0.25) is 0 Å². The van der Waals surface area contributed by atoms with E-state index in [9.17, 15) is 14.0 Å². The molecule has 4 N–H and O–H groups in total. The summed E-state index contributed by atoms with van der Waals surface area (Å²) in [6.45, 7) is 8.48. The van der Waals surface area contributed by atoms with Crippen LogP contribution < -0.4 is 16.4 Å². The maximum absolute atomic E-state index is 14.2. The average Bonchev–Trinajstić information content (AvgIpc) is 2.87. The number of rotatable bonds is 7. The molecule has 0 saturated carbocycles. The van der Waals surface area contributed by atoms with Crippen LogP contribution in [0.1, 0.15) is 51.4 Å². The number of nitrogens with zero attached hydrogens (tertiary/aromatic N) is 2. The maximum Gasteiger partial charge on any atom is 0.252 e. The van der Waals surface area contributed by atoms with Crippen LogP contribution in [0.3, 0.4) is 0 Å². The van der Waals surface area contributed by atoms with Gasteiger partial charge in [0.05, 0.1) is 40.9 Å². The summed E-state index contributed by atoms with van der Waals surface area (Å²) in [6.07, 6.45) is 3.36. The predicted octanol–water partition coefficient (Wildman–Crippen LogP) is 2.97. The van der Waals surface area contributed by atoms with Crippen LogP contribution in [0.5, 0.6) is 0 Å². The molecule has 2 amide bonds. The van der Waals surface area contributed by atoms with Gasteiger partial charge in [0.15, 0.2) is 0 Å². The number of halogens is 1. The number of amides is 2. The maximum atomic E-state index is 14.2. The number of alkyl halides is 1. The van der Waals surface area contributed by atoms with Crippen molar-refractivity contribution >= 4 is 28.7 Å². The molecule has 8 heteroatoms. The lowest BCUT2D eigenvalue weighted by atomic mass is 10.0. The summed E-state index contributed by atoms with van der Waals surface area (Å²) in [4.78, 5) is 23.8. The van der Waals surface area contributed by atoms with Crippen molar-refractivity contribution in [3.8, 4) is 0 Å². The normalized spacial score (nSPS) is 13.0. The van der Waals surface area contributed by atoms with Crippen molar-refractivity contribution in [3.63, 3.8) is 0 Å². The minimum absolute atomic E-state index is 0.112. The number of fused-ring (bicyclic) bond motifs is 1. The molecule has 0 radical (unpaired) electrons. The molecule has 2 aromatic rings. The van der Waals surface area contributed by atoms with Crippen LogP contribution in [0.25, 0.3) is 5.52 Å². The van der Waals surface area contributed by atoms with Gasteiger partial charge in [-0.25, -0.2) is 8.91 Å². The van der Waals surface area contributed by atoms with Gasteiger partial charge in [-0.15, -0.1) is 0 Å². The fourth-order valence-corrected chi connectivity index (χ4v) is 2.43. The molecule has 2 heterocycles. The largest absolute Gasteiger partial charge is 0.377 e. The van der Waals surface area contributed by atoms with Gasteiger partial charge in [-0.3, -0.25) is 9.59 Å². The van der Waals surface area contributed by atoms with Crippen molar-refractivity contribution in [2.75, 3.05) is 10.6 Å². The van der Waals surface area contributed by atoms with Gasteiger partial charge in [0, 0.05) is 6.42 Å². The first-order chi connectivity index (χ1) is 12.0. The second-order valence-corrected chi connectivity index (χ2v) is 7.43. The highest BCUT2D eigenvalue weighted by molar-refractivity contribution is 6.02. The Balaban J connectivity index is 2.44. The van der Waals surface area contributed by atoms with Crippen LogP contribution in [0, 0.1) is 5.92 Å².